The molecule has 8 heteroatoms. The monoisotopic (exact) mass is 467 g/mol. The van der Waals surface area contributed by atoms with E-state index in [1.807, 2.05) is 38.1 Å². The van der Waals surface area contributed by atoms with E-state index in [1.54, 1.807) is 0 Å². The van der Waals surface area contributed by atoms with Gasteiger partial charge in [-0.1, -0.05) is 17.7 Å². The average molecular weight is 467 g/mol. The van der Waals surface area contributed by atoms with E-state index in [-0.39, 0.29) is 41.5 Å². The second kappa shape index (κ2) is 10.1. The molecule has 136 valence electrons. The summed E-state index contributed by atoms with van der Waals surface area (Å²) in [7, 11) is -2.89. The lowest BCUT2D eigenvalue weighted by Gasteiger charge is -2.15. The molecule has 0 spiro atoms. The minimum atomic E-state index is -2.89. The molecular formula is C16H26IN3O3S. The minimum absolute atomic E-state index is 0. The Bertz CT molecular complexity index is 632. The molecule has 0 aliphatic carbocycles. The van der Waals surface area contributed by atoms with Crippen LogP contribution in [-0.2, 0) is 9.84 Å². The first-order valence-electron chi connectivity index (χ1n) is 7.93. The van der Waals surface area contributed by atoms with Gasteiger partial charge < -0.3 is 15.4 Å². The summed E-state index contributed by atoms with van der Waals surface area (Å²) < 4.78 is 28.6. The predicted octanol–water partition coefficient (Wildman–Crippen LogP) is 1.73. The summed E-state index contributed by atoms with van der Waals surface area (Å²) in [6.07, 6.45) is 0.632. The van der Waals surface area contributed by atoms with Crippen molar-refractivity contribution in [3.63, 3.8) is 0 Å². The molecule has 1 heterocycles. The van der Waals surface area contributed by atoms with Gasteiger partial charge in [0.1, 0.15) is 12.4 Å². The number of aryl methyl sites for hydroxylation is 1. The van der Waals surface area contributed by atoms with Crippen LogP contribution in [0.1, 0.15) is 18.9 Å². The summed E-state index contributed by atoms with van der Waals surface area (Å²) in [6, 6.07) is 7.82. The molecule has 0 saturated carbocycles. The Morgan fingerprint density at radius 2 is 2.04 bits per heavy atom. The van der Waals surface area contributed by atoms with Gasteiger partial charge in [-0.25, -0.2) is 13.4 Å². The van der Waals surface area contributed by atoms with Crippen LogP contribution in [0.3, 0.4) is 0 Å². The number of nitrogens with one attached hydrogen (secondary N) is 2. The summed E-state index contributed by atoms with van der Waals surface area (Å²) in [5.74, 6) is 1.89. The molecule has 2 rings (SSSR count). The lowest BCUT2D eigenvalue weighted by molar-refractivity contribution is 0.328. The number of ether oxygens (including phenoxy) is 1. The number of sulfone groups is 1. The zero-order valence-corrected chi connectivity index (χ0v) is 17.3. The molecule has 1 unspecified atom stereocenters. The van der Waals surface area contributed by atoms with Crippen molar-refractivity contribution in [2.45, 2.75) is 26.3 Å². The molecule has 1 saturated heterocycles. The highest BCUT2D eigenvalue weighted by Gasteiger charge is 2.28. The second-order valence-electron chi connectivity index (χ2n) is 5.67. The van der Waals surface area contributed by atoms with Crippen LogP contribution in [0.25, 0.3) is 0 Å². The van der Waals surface area contributed by atoms with Gasteiger partial charge in [-0.2, -0.15) is 0 Å². The number of halogens is 1. The molecule has 24 heavy (non-hydrogen) atoms. The zero-order chi connectivity index (χ0) is 16.7. The number of hydrogen-bond donors (Lipinski definition) is 2. The van der Waals surface area contributed by atoms with E-state index >= 15 is 0 Å². The van der Waals surface area contributed by atoms with Crippen molar-refractivity contribution < 1.29 is 13.2 Å². The Kier molecular flexibility index (Phi) is 8.82. The highest BCUT2D eigenvalue weighted by Crippen LogP contribution is 2.12. The first-order valence-corrected chi connectivity index (χ1v) is 9.75. The minimum Gasteiger partial charge on any atom is -0.492 e. The van der Waals surface area contributed by atoms with Crippen LogP contribution in [0, 0.1) is 6.92 Å². The van der Waals surface area contributed by atoms with Crippen molar-refractivity contribution in [3.8, 4) is 5.75 Å². The van der Waals surface area contributed by atoms with Crippen LogP contribution < -0.4 is 15.4 Å². The van der Waals surface area contributed by atoms with Gasteiger partial charge in [0.25, 0.3) is 0 Å². The van der Waals surface area contributed by atoms with E-state index in [0.717, 1.165) is 12.3 Å². The molecule has 1 aromatic carbocycles. The van der Waals surface area contributed by atoms with Gasteiger partial charge in [0.2, 0.25) is 0 Å². The first-order chi connectivity index (χ1) is 11.0. The molecule has 0 aromatic heterocycles. The third-order valence-electron chi connectivity index (χ3n) is 3.57. The van der Waals surface area contributed by atoms with Crippen molar-refractivity contribution in [2.75, 3.05) is 31.2 Å². The van der Waals surface area contributed by atoms with Crippen molar-refractivity contribution in [1.82, 2.24) is 10.6 Å². The van der Waals surface area contributed by atoms with E-state index in [1.165, 1.54) is 5.56 Å². The van der Waals surface area contributed by atoms with Crippen LogP contribution in [0.4, 0.5) is 0 Å². The quantitative estimate of drug-likeness (QED) is 0.289. The number of hydrogen-bond acceptors (Lipinski definition) is 4. The van der Waals surface area contributed by atoms with E-state index in [2.05, 4.69) is 15.6 Å². The fraction of sp³-hybridized carbons (Fsp3) is 0.562. The Morgan fingerprint density at radius 1 is 1.33 bits per heavy atom. The van der Waals surface area contributed by atoms with Crippen LogP contribution in [0.5, 0.6) is 5.75 Å². The summed E-state index contributed by atoms with van der Waals surface area (Å²) in [5.41, 5.74) is 1.19. The molecule has 0 amide bonds. The number of guanidine groups is 1. The maximum atomic E-state index is 11.5. The second-order valence-corrected chi connectivity index (χ2v) is 7.90. The molecule has 1 aromatic rings. The molecular weight excluding hydrogens is 441 g/mol. The van der Waals surface area contributed by atoms with Crippen LogP contribution >= 0.6 is 24.0 Å². The Labute approximate surface area is 161 Å². The maximum absolute atomic E-state index is 11.5. The van der Waals surface area contributed by atoms with Crippen LogP contribution in [-0.4, -0.2) is 51.6 Å². The fourth-order valence-corrected chi connectivity index (χ4v) is 4.05. The van der Waals surface area contributed by atoms with Gasteiger partial charge in [0, 0.05) is 12.6 Å². The van der Waals surface area contributed by atoms with Gasteiger partial charge in [0.15, 0.2) is 15.8 Å². The standard InChI is InChI=1S/C16H25N3O3S.HI/c1-3-17-16(19-14-8-11-23(20,21)12-14)18-9-10-22-15-6-4-13(2)5-7-15;/h4-7,14H,3,8-12H2,1-2H3,(H2,17,18,19);1H. The van der Waals surface area contributed by atoms with Crippen molar-refractivity contribution in [1.29, 1.82) is 0 Å². The summed E-state index contributed by atoms with van der Waals surface area (Å²) in [4.78, 5) is 4.43. The number of rotatable bonds is 6. The maximum Gasteiger partial charge on any atom is 0.191 e. The van der Waals surface area contributed by atoms with E-state index in [4.69, 9.17) is 4.74 Å². The Balaban J connectivity index is 0.00000288. The first kappa shape index (κ1) is 21.0. The largest absolute Gasteiger partial charge is 0.492 e. The lowest BCUT2D eigenvalue weighted by Crippen LogP contribution is -2.44. The lowest BCUT2D eigenvalue weighted by atomic mass is 10.2. The highest BCUT2D eigenvalue weighted by molar-refractivity contribution is 14.0. The topological polar surface area (TPSA) is 79.8 Å². The Hall–Kier alpha value is -1.03. The Morgan fingerprint density at radius 3 is 2.62 bits per heavy atom. The summed E-state index contributed by atoms with van der Waals surface area (Å²) in [6.45, 7) is 5.71. The van der Waals surface area contributed by atoms with Gasteiger partial charge in [-0.3, -0.25) is 0 Å². The van der Waals surface area contributed by atoms with E-state index < -0.39 is 9.84 Å². The third-order valence-corrected chi connectivity index (χ3v) is 5.34. The smallest absolute Gasteiger partial charge is 0.191 e. The molecule has 1 aliphatic heterocycles. The van der Waals surface area contributed by atoms with Crippen molar-refractivity contribution in [3.05, 3.63) is 29.8 Å². The molecule has 0 bridgehead atoms. The van der Waals surface area contributed by atoms with Crippen molar-refractivity contribution in [2.24, 2.45) is 4.99 Å². The molecule has 6 nitrogen and oxygen atoms in total. The van der Waals surface area contributed by atoms with Crippen molar-refractivity contribution >= 4 is 39.8 Å². The molecule has 0 radical (unpaired) electrons. The third kappa shape index (κ3) is 7.25. The zero-order valence-electron chi connectivity index (χ0n) is 14.1. The molecule has 2 N–H and O–H groups in total. The number of benzene rings is 1. The fourth-order valence-electron chi connectivity index (χ4n) is 2.38. The molecule has 1 fully saturated rings. The summed E-state index contributed by atoms with van der Waals surface area (Å²) >= 11 is 0. The normalized spacial score (nSPS) is 19.4. The average Bonchev–Trinajstić information content (AvgIpc) is 2.84. The van der Waals surface area contributed by atoms with Gasteiger partial charge in [-0.15, -0.1) is 24.0 Å². The van der Waals surface area contributed by atoms with Crippen LogP contribution in [0.2, 0.25) is 0 Å². The van der Waals surface area contributed by atoms with Gasteiger partial charge >= 0.3 is 0 Å². The number of aliphatic imine (C=N–C) groups is 1. The van der Waals surface area contributed by atoms with E-state index in [0.29, 0.717) is 25.5 Å². The highest BCUT2D eigenvalue weighted by atomic mass is 127. The van der Waals surface area contributed by atoms with E-state index in [9.17, 15) is 8.42 Å². The van der Waals surface area contributed by atoms with Crippen LogP contribution in [0.15, 0.2) is 29.3 Å². The molecule has 1 atom stereocenters. The summed E-state index contributed by atoms with van der Waals surface area (Å²) in [5, 5.41) is 6.31. The SMILES string of the molecule is CCNC(=NCCOc1ccc(C)cc1)NC1CCS(=O)(=O)C1.I. The van der Waals surface area contributed by atoms with Gasteiger partial charge in [0.05, 0.1) is 18.1 Å². The van der Waals surface area contributed by atoms with Gasteiger partial charge in [-0.05, 0) is 32.4 Å². The molecule has 1 aliphatic rings. The predicted molar refractivity (Wildman–Crippen MR) is 108 cm³/mol. The number of nitrogens with zero attached hydrogens (tertiary/aromatic N) is 1.